The van der Waals surface area contributed by atoms with Crippen LogP contribution in [0.5, 0.6) is 11.5 Å². The zero-order chi connectivity index (χ0) is 31.7. The number of benzene rings is 3. The molecule has 4 aromatic rings. The highest BCUT2D eigenvalue weighted by Gasteiger charge is 2.46. The van der Waals surface area contributed by atoms with Gasteiger partial charge in [-0.25, -0.2) is 0 Å². The van der Waals surface area contributed by atoms with Crippen LogP contribution in [0, 0.1) is 5.92 Å². The Morgan fingerprint density at radius 2 is 1.82 bits per heavy atom. The van der Waals surface area contributed by atoms with Crippen molar-refractivity contribution in [1.29, 1.82) is 0 Å². The number of rotatable bonds is 10. The van der Waals surface area contributed by atoms with E-state index in [2.05, 4.69) is 17.2 Å². The Balaban J connectivity index is 1.24. The largest absolute Gasteiger partial charge is 0.490 e. The Bertz CT molecular complexity index is 1640. The molecule has 1 amide bonds. The van der Waals surface area contributed by atoms with Crippen molar-refractivity contribution in [3.63, 3.8) is 0 Å². The summed E-state index contributed by atoms with van der Waals surface area (Å²) in [5.41, 5.74) is 3.83. The van der Waals surface area contributed by atoms with Crippen LogP contribution in [-0.2, 0) is 16.1 Å². The van der Waals surface area contributed by atoms with Gasteiger partial charge in [0, 0.05) is 42.6 Å². The summed E-state index contributed by atoms with van der Waals surface area (Å²) in [6, 6.07) is 23.0. The van der Waals surface area contributed by atoms with Gasteiger partial charge in [-0.1, -0.05) is 54.6 Å². The predicted molar refractivity (Wildman–Crippen MR) is 172 cm³/mol. The fourth-order valence-electron chi connectivity index (χ4n) is 6.72. The van der Waals surface area contributed by atoms with E-state index in [1.54, 1.807) is 16.7 Å². The van der Waals surface area contributed by atoms with Crippen molar-refractivity contribution >= 4 is 25.6 Å². The summed E-state index contributed by atoms with van der Waals surface area (Å²) < 4.78 is 20.2. The number of ether oxygens (including phenoxy) is 3. The standard InChI is InChI=1S/C34H40N4O6Si/c1-22-33(42-2)25-18-24(38-28-12-8-9-13-30(28)43-21-32(38)40)14-15-29(25)44-34(22)31(45(3,4)41)16-17-37-19-27(35-36-37)26(20-39)23-10-6-5-7-11-23/h5-15,18-19,22,26,31,33-34,39,41H,16-17,20-21H2,1-4H3/t22-,26?,31?,33-,34-/m0/s1. The minimum atomic E-state index is -2.74. The first-order valence-corrected chi connectivity index (χ1v) is 18.4. The summed E-state index contributed by atoms with van der Waals surface area (Å²) in [6.45, 7) is 6.42. The summed E-state index contributed by atoms with van der Waals surface area (Å²) in [5, 5.41) is 18.8. The van der Waals surface area contributed by atoms with Crippen molar-refractivity contribution in [2.75, 3.05) is 25.2 Å². The first-order chi connectivity index (χ1) is 21.7. The van der Waals surface area contributed by atoms with Gasteiger partial charge >= 0.3 is 0 Å². The lowest BCUT2D eigenvalue weighted by atomic mass is 9.86. The number of aromatic nitrogens is 3. The number of anilines is 2. The van der Waals surface area contributed by atoms with Crippen LogP contribution < -0.4 is 14.4 Å². The number of aliphatic hydroxyl groups excluding tert-OH is 1. The zero-order valence-electron chi connectivity index (χ0n) is 26.0. The predicted octanol–water partition coefficient (Wildman–Crippen LogP) is 5.20. The van der Waals surface area contributed by atoms with Crippen molar-refractivity contribution in [3.8, 4) is 11.5 Å². The molecule has 0 saturated carbocycles. The van der Waals surface area contributed by atoms with E-state index in [1.165, 1.54) is 0 Å². The monoisotopic (exact) mass is 628 g/mol. The molecule has 0 radical (unpaired) electrons. The van der Waals surface area contributed by atoms with Crippen molar-refractivity contribution in [2.45, 2.75) is 56.7 Å². The molecule has 1 aromatic heterocycles. The number of fused-ring (bicyclic) bond motifs is 2. The zero-order valence-corrected chi connectivity index (χ0v) is 27.0. The molecule has 45 heavy (non-hydrogen) atoms. The van der Waals surface area contributed by atoms with Crippen molar-refractivity contribution < 1.29 is 28.9 Å². The quantitative estimate of drug-likeness (QED) is 0.230. The van der Waals surface area contributed by atoms with Gasteiger partial charge in [0.1, 0.15) is 17.6 Å². The average Bonchev–Trinajstić information content (AvgIpc) is 3.50. The SMILES string of the molecule is CO[C@@H]1c2cc(N3C(=O)COc4ccccc43)ccc2O[C@H](C(CCn2cc(C(CO)c3ccccc3)nn2)[Si](C)(C)O)[C@H]1C. The third kappa shape index (κ3) is 6.13. The Kier molecular flexibility index (Phi) is 8.78. The van der Waals surface area contributed by atoms with Gasteiger partial charge in [0.05, 0.1) is 30.0 Å². The average molecular weight is 629 g/mol. The molecule has 10 nitrogen and oxygen atoms in total. The maximum atomic E-state index is 13.0. The van der Waals surface area contributed by atoms with Gasteiger partial charge in [-0.2, -0.15) is 0 Å². The van der Waals surface area contributed by atoms with Gasteiger partial charge in [-0.05, 0) is 55.4 Å². The minimum Gasteiger partial charge on any atom is -0.490 e. The van der Waals surface area contributed by atoms with E-state index in [-0.39, 0.29) is 48.7 Å². The van der Waals surface area contributed by atoms with Crippen LogP contribution in [-0.4, -0.2) is 65.5 Å². The van der Waals surface area contributed by atoms with Gasteiger partial charge in [-0.15, -0.1) is 5.10 Å². The summed E-state index contributed by atoms with van der Waals surface area (Å²) in [5.74, 6) is 0.849. The molecule has 5 atom stereocenters. The highest BCUT2D eigenvalue weighted by Crippen LogP contribution is 2.48. The Labute approximate surface area is 264 Å². The van der Waals surface area contributed by atoms with Gasteiger partial charge in [0.15, 0.2) is 14.9 Å². The van der Waals surface area contributed by atoms with Crippen LogP contribution in [0.3, 0.4) is 0 Å². The molecule has 2 N–H and O–H groups in total. The molecule has 0 spiro atoms. The molecule has 0 bridgehead atoms. The second-order valence-corrected chi connectivity index (χ2v) is 16.5. The third-order valence-corrected chi connectivity index (χ3v) is 11.5. The number of amides is 1. The Morgan fingerprint density at radius 1 is 1.07 bits per heavy atom. The fraction of sp³-hybridized carbons (Fsp3) is 0.382. The summed E-state index contributed by atoms with van der Waals surface area (Å²) in [4.78, 5) is 26.2. The number of aryl methyl sites for hydroxylation is 1. The summed E-state index contributed by atoms with van der Waals surface area (Å²) in [7, 11) is -1.06. The molecule has 2 unspecified atom stereocenters. The number of aliphatic hydroxyl groups is 1. The normalized spacial score (nSPS) is 20.9. The minimum absolute atomic E-state index is 0.0329. The molecular weight excluding hydrogens is 588 g/mol. The molecule has 11 heteroatoms. The molecule has 0 saturated heterocycles. The van der Waals surface area contributed by atoms with E-state index in [9.17, 15) is 14.7 Å². The molecule has 0 fully saturated rings. The maximum Gasteiger partial charge on any atom is 0.269 e. The number of para-hydroxylation sites is 2. The number of hydrogen-bond acceptors (Lipinski definition) is 8. The van der Waals surface area contributed by atoms with Crippen molar-refractivity contribution in [3.05, 3.63) is 95.8 Å². The molecule has 0 aliphatic carbocycles. The number of nitrogens with zero attached hydrogens (tertiary/aromatic N) is 4. The maximum absolute atomic E-state index is 13.0. The van der Waals surface area contributed by atoms with Crippen LogP contribution in [0.1, 0.15) is 42.2 Å². The summed E-state index contributed by atoms with van der Waals surface area (Å²) >= 11 is 0. The van der Waals surface area contributed by atoms with Gasteiger partial charge < -0.3 is 24.1 Å². The number of methoxy groups -OCH3 is 1. The van der Waals surface area contributed by atoms with Gasteiger partial charge in [0.2, 0.25) is 0 Å². The first kappa shape index (κ1) is 31.0. The van der Waals surface area contributed by atoms with E-state index in [1.807, 2.05) is 92.1 Å². The second kappa shape index (κ2) is 12.8. The highest BCUT2D eigenvalue weighted by molar-refractivity contribution is 6.71. The Hall–Kier alpha value is -4.03. The lowest BCUT2D eigenvalue weighted by molar-refractivity contribution is -0.120. The number of carbonyl (C=O) groups is 1. The lowest BCUT2D eigenvalue weighted by Crippen LogP contribution is -2.48. The number of hydrogen-bond donors (Lipinski definition) is 2. The van der Waals surface area contributed by atoms with Crippen molar-refractivity contribution in [2.24, 2.45) is 5.92 Å². The molecule has 6 rings (SSSR count). The van der Waals surface area contributed by atoms with Crippen LogP contribution in [0.4, 0.5) is 11.4 Å². The molecule has 3 heterocycles. The molecule has 236 valence electrons. The third-order valence-electron chi connectivity index (χ3n) is 9.05. The topological polar surface area (TPSA) is 119 Å². The van der Waals surface area contributed by atoms with Gasteiger partial charge in [-0.3, -0.25) is 14.4 Å². The van der Waals surface area contributed by atoms with Crippen molar-refractivity contribution in [1.82, 2.24) is 15.0 Å². The van der Waals surface area contributed by atoms with Crippen LogP contribution in [0.25, 0.3) is 0 Å². The smallest absolute Gasteiger partial charge is 0.269 e. The molecule has 3 aromatic carbocycles. The molecular formula is C34H40N4O6Si. The first-order valence-electron chi connectivity index (χ1n) is 15.4. The molecule has 2 aliphatic rings. The number of carbonyl (C=O) groups excluding carboxylic acids is 1. The van der Waals surface area contributed by atoms with E-state index in [0.717, 1.165) is 16.8 Å². The van der Waals surface area contributed by atoms with Gasteiger partial charge in [0.25, 0.3) is 5.91 Å². The fourth-order valence-corrected chi connectivity index (χ4v) is 8.73. The van der Waals surface area contributed by atoms with Crippen LogP contribution in [0.15, 0.2) is 79.0 Å². The highest BCUT2D eigenvalue weighted by atomic mass is 28.4. The van der Waals surface area contributed by atoms with E-state index >= 15 is 0 Å². The lowest BCUT2D eigenvalue weighted by Gasteiger charge is -2.44. The molecule has 2 aliphatic heterocycles. The van der Waals surface area contributed by atoms with E-state index in [4.69, 9.17) is 14.2 Å². The Morgan fingerprint density at radius 3 is 2.56 bits per heavy atom. The second-order valence-electron chi connectivity index (χ2n) is 12.4. The van der Waals surface area contributed by atoms with Crippen LogP contribution >= 0.6 is 0 Å². The van der Waals surface area contributed by atoms with E-state index in [0.29, 0.717) is 35.8 Å². The van der Waals surface area contributed by atoms with E-state index < -0.39 is 8.32 Å². The van der Waals surface area contributed by atoms with Crippen LogP contribution in [0.2, 0.25) is 18.6 Å². The summed E-state index contributed by atoms with van der Waals surface area (Å²) in [6.07, 6.45) is 1.90.